The van der Waals surface area contributed by atoms with Gasteiger partial charge < -0.3 is 14.6 Å². The highest BCUT2D eigenvalue weighted by atomic mass is 16.6. The van der Waals surface area contributed by atoms with E-state index in [2.05, 4.69) is 46.8 Å². The van der Waals surface area contributed by atoms with E-state index in [0.717, 1.165) is 44.9 Å². The molecule has 5 rings (SSSR count). The summed E-state index contributed by atoms with van der Waals surface area (Å²) in [5.41, 5.74) is 2.59. The fourth-order valence-electron chi connectivity index (χ4n) is 9.39. The van der Waals surface area contributed by atoms with Crippen molar-refractivity contribution in [2.45, 2.75) is 112 Å². The Labute approximate surface area is 223 Å². The van der Waals surface area contributed by atoms with Crippen LogP contribution in [0.1, 0.15) is 99.8 Å². The van der Waals surface area contributed by atoms with Crippen LogP contribution in [-0.4, -0.2) is 41.8 Å². The molecule has 1 heterocycles. The van der Waals surface area contributed by atoms with E-state index in [1.807, 2.05) is 6.92 Å². The van der Waals surface area contributed by atoms with Crippen molar-refractivity contribution in [3.05, 3.63) is 23.3 Å². The maximum Gasteiger partial charge on any atom is 0.302 e. The summed E-state index contributed by atoms with van der Waals surface area (Å²) in [4.78, 5) is 24.7. The Morgan fingerprint density at radius 2 is 1.86 bits per heavy atom. The van der Waals surface area contributed by atoms with Gasteiger partial charge in [-0.3, -0.25) is 9.59 Å². The number of ether oxygens (including phenoxy) is 2. The lowest BCUT2D eigenvalue weighted by Gasteiger charge is -2.59. The molecule has 1 N–H and O–H groups in total. The summed E-state index contributed by atoms with van der Waals surface area (Å²) < 4.78 is 11.4. The van der Waals surface area contributed by atoms with Crippen LogP contribution >= 0.6 is 0 Å². The Bertz CT molecular complexity index is 1040. The van der Waals surface area contributed by atoms with Crippen molar-refractivity contribution in [2.24, 2.45) is 39.4 Å². The first-order valence-corrected chi connectivity index (χ1v) is 14.6. The molecule has 0 spiro atoms. The predicted octanol–water partition coefficient (Wildman–Crippen LogP) is 6.19. The van der Waals surface area contributed by atoms with Gasteiger partial charge in [0.2, 0.25) is 0 Å². The number of hydrogen-bond donors (Lipinski definition) is 1. The second kappa shape index (κ2) is 8.78. The number of aliphatic hydroxyl groups is 1. The van der Waals surface area contributed by atoms with Gasteiger partial charge in [0.1, 0.15) is 11.4 Å². The SMILES string of the molecule is CC(=O)OC[C@H](CC[C@@H]1O[C@]1(C)CO)[C@H]1CC[C@@]2(C)C3=CC[C@H]4C(C)(C)C(=O)CC[C@]4(C)C3=CC[C@]12C. The minimum atomic E-state index is -0.406. The third kappa shape index (κ3) is 3.92. The highest BCUT2D eigenvalue weighted by Gasteiger charge is 2.63. The van der Waals surface area contributed by atoms with Crippen molar-refractivity contribution >= 4 is 11.8 Å². The molecule has 1 saturated heterocycles. The van der Waals surface area contributed by atoms with Gasteiger partial charge in [0.25, 0.3) is 0 Å². The fourth-order valence-corrected chi connectivity index (χ4v) is 9.39. The van der Waals surface area contributed by atoms with Crippen LogP contribution in [0.3, 0.4) is 0 Å². The van der Waals surface area contributed by atoms with Crippen LogP contribution in [0.15, 0.2) is 23.3 Å². The first-order chi connectivity index (χ1) is 17.2. The van der Waals surface area contributed by atoms with Crippen molar-refractivity contribution < 1.29 is 24.2 Å². The lowest BCUT2D eigenvalue weighted by molar-refractivity contribution is -0.143. The number of Topliss-reactive ketones (excluding diaryl/α,β-unsaturated/α-hetero) is 1. The van der Waals surface area contributed by atoms with E-state index in [9.17, 15) is 14.7 Å². The van der Waals surface area contributed by atoms with Crippen molar-refractivity contribution in [1.82, 2.24) is 0 Å². The standard InChI is InChI=1S/C32H48O5/c1-20(34)36-18-21(8-11-27-32(7,19-33)37-27)22-12-16-31(6)24-9-10-25-28(2,3)26(35)14-15-29(25,4)23(24)13-17-30(22,31)5/h9,13,21-22,25,27,33H,8,10-12,14-19H2,1-7H3/t21-,22+,25-,27-,29+,30+,31-,32+/m0/s1. The molecule has 0 amide bonds. The Balaban J connectivity index is 1.43. The Kier molecular flexibility index (Phi) is 6.43. The lowest BCUT2D eigenvalue weighted by atomic mass is 9.44. The number of rotatable bonds is 7. The number of esters is 1. The van der Waals surface area contributed by atoms with E-state index in [4.69, 9.17) is 9.47 Å². The fraction of sp³-hybridized carbons (Fsp3) is 0.812. The topological polar surface area (TPSA) is 76.1 Å². The van der Waals surface area contributed by atoms with Crippen molar-refractivity contribution in [3.8, 4) is 0 Å². The number of aliphatic hydroxyl groups excluding tert-OH is 1. The van der Waals surface area contributed by atoms with Crippen LogP contribution in [0.5, 0.6) is 0 Å². The van der Waals surface area contributed by atoms with Gasteiger partial charge in [-0.25, -0.2) is 0 Å². The maximum absolute atomic E-state index is 12.9. The molecule has 0 radical (unpaired) electrons. The number of epoxide rings is 1. The van der Waals surface area contributed by atoms with Gasteiger partial charge in [-0.05, 0) is 97.0 Å². The molecule has 3 fully saturated rings. The van der Waals surface area contributed by atoms with Gasteiger partial charge in [0, 0.05) is 18.8 Å². The monoisotopic (exact) mass is 512 g/mol. The summed E-state index contributed by atoms with van der Waals surface area (Å²) in [7, 11) is 0. The Hall–Kier alpha value is -1.46. The molecule has 0 bridgehead atoms. The first kappa shape index (κ1) is 27.1. The zero-order chi connectivity index (χ0) is 27.0. The molecule has 37 heavy (non-hydrogen) atoms. The largest absolute Gasteiger partial charge is 0.466 e. The number of allylic oxidation sites excluding steroid dienone is 4. The van der Waals surface area contributed by atoms with E-state index in [-0.39, 0.29) is 46.3 Å². The average Bonchev–Trinajstić information content (AvgIpc) is 3.41. The summed E-state index contributed by atoms with van der Waals surface area (Å²) in [6.45, 7) is 15.7. The molecule has 0 unspecified atom stereocenters. The number of hydrogen-bond acceptors (Lipinski definition) is 5. The number of ketones is 1. The Morgan fingerprint density at radius 3 is 2.51 bits per heavy atom. The van der Waals surface area contributed by atoms with E-state index in [1.165, 1.54) is 18.1 Å². The minimum Gasteiger partial charge on any atom is -0.466 e. The van der Waals surface area contributed by atoms with Crippen molar-refractivity contribution in [1.29, 1.82) is 0 Å². The van der Waals surface area contributed by atoms with Gasteiger partial charge in [-0.1, -0.05) is 46.8 Å². The number of carbonyl (C=O) groups excluding carboxylic acids is 2. The second-order valence-corrected chi connectivity index (χ2v) is 14.4. The van der Waals surface area contributed by atoms with E-state index >= 15 is 0 Å². The van der Waals surface area contributed by atoms with Crippen LogP contribution in [0.4, 0.5) is 0 Å². The van der Waals surface area contributed by atoms with Gasteiger partial charge in [0.05, 0.1) is 19.3 Å². The number of carbonyl (C=O) groups is 2. The molecule has 0 aromatic heterocycles. The molecule has 0 aromatic rings. The molecule has 1 aliphatic heterocycles. The molecule has 5 heteroatoms. The molecule has 5 aliphatic rings. The van der Waals surface area contributed by atoms with Gasteiger partial charge in [0.15, 0.2) is 0 Å². The van der Waals surface area contributed by atoms with Crippen molar-refractivity contribution in [2.75, 3.05) is 13.2 Å². The third-order valence-electron chi connectivity index (χ3n) is 12.3. The average molecular weight is 513 g/mol. The van der Waals surface area contributed by atoms with Crippen LogP contribution in [0, 0.1) is 39.4 Å². The minimum absolute atomic E-state index is 0.0510. The van der Waals surface area contributed by atoms with Crippen LogP contribution < -0.4 is 0 Å². The molecular formula is C32H48O5. The third-order valence-corrected chi connectivity index (χ3v) is 12.3. The van der Waals surface area contributed by atoms with Crippen LogP contribution in [0.2, 0.25) is 0 Å². The zero-order valence-electron chi connectivity index (χ0n) is 24.1. The molecule has 5 nitrogen and oxygen atoms in total. The lowest BCUT2D eigenvalue weighted by Crippen LogP contribution is -2.53. The van der Waals surface area contributed by atoms with E-state index < -0.39 is 5.60 Å². The first-order valence-electron chi connectivity index (χ1n) is 14.6. The zero-order valence-corrected chi connectivity index (χ0v) is 24.1. The van der Waals surface area contributed by atoms with E-state index in [0.29, 0.717) is 30.6 Å². The normalized spacial score (nSPS) is 44.6. The van der Waals surface area contributed by atoms with Crippen LogP contribution in [0.25, 0.3) is 0 Å². The maximum atomic E-state index is 12.9. The summed E-state index contributed by atoms with van der Waals surface area (Å²) in [5, 5.41) is 9.65. The predicted molar refractivity (Wildman–Crippen MR) is 144 cm³/mol. The highest BCUT2D eigenvalue weighted by molar-refractivity contribution is 5.86. The molecule has 2 saturated carbocycles. The quantitative estimate of drug-likeness (QED) is 0.325. The summed E-state index contributed by atoms with van der Waals surface area (Å²) in [6, 6.07) is 0. The van der Waals surface area contributed by atoms with E-state index in [1.54, 1.807) is 0 Å². The Morgan fingerprint density at radius 1 is 1.14 bits per heavy atom. The van der Waals surface area contributed by atoms with Gasteiger partial charge in [-0.15, -0.1) is 0 Å². The summed E-state index contributed by atoms with van der Waals surface area (Å²) in [6.07, 6.45) is 12.9. The molecule has 8 atom stereocenters. The van der Waals surface area contributed by atoms with Crippen LogP contribution in [-0.2, 0) is 19.1 Å². The van der Waals surface area contributed by atoms with Gasteiger partial charge >= 0.3 is 5.97 Å². The number of fused-ring (bicyclic) bond motifs is 5. The summed E-state index contributed by atoms with van der Waals surface area (Å²) in [5.74, 6) is 1.29. The molecule has 206 valence electrons. The summed E-state index contributed by atoms with van der Waals surface area (Å²) >= 11 is 0. The van der Waals surface area contributed by atoms with Crippen molar-refractivity contribution in [3.63, 3.8) is 0 Å². The highest BCUT2D eigenvalue weighted by Crippen LogP contribution is 2.71. The molecular weight excluding hydrogens is 464 g/mol. The second-order valence-electron chi connectivity index (χ2n) is 14.4. The molecule has 4 aliphatic carbocycles. The smallest absolute Gasteiger partial charge is 0.302 e. The molecule has 0 aromatic carbocycles. The van der Waals surface area contributed by atoms with Gasteiger partial charge in [-0.2, -0.15) is 0 Å².